The van der Waals surface area contributed by atoms with Crippen LogP contribution in [0.25, 0.3) is 11.3 Å². The molecule has 6 heteroatoms. The zero-order valence-corrected chi connectivity index (χ0v) is 15.2. The molecule has 0 fully saturated rings. The third-order valence-electron chi connectivity index (χ3n) is 4.07. The van der Waals surface area contributed by atoms with E-state index in [1.54, 1.807) is 30.3 Å². The monoisotopic (exact) mass is 357 g/mol. The second-order valence-electron chi connectivity index (χ2n) is 5.95. The maximum atomic E-state index is 12.0. The molecule has 0 aliphatic carbocycles. The van der Waals surface area contributed by atoms with Crippen molar-refractivity contribution in [2.45, 2.75) is 39.7 Å². The van der Waals surface area contributed by atoms with Crippen molar-refractivity contribution in [2.24, 2.45) is 0 Å². The molecule has 6 nitrogen and oxygen atoms in total. The Kier molecular flexibility index (Phi) is 6.72. The topological polar surface area (TPSA) is 85.6 Å². The molecule has 0 spiro atoms. The fourth-order valence-corrected chi connectivity index (χ4v) is 2.44. The van der Waals surface area contributed by atoms with Crippen LogP contribution in [0.1, 0.15) is 54.5 Å². The molecule has 1 aromatic carbocycles. The lowest BCUT2D eigenvalue weighted by Gasteiger charge is -2.14. The van der Waals surface area contributed by atoms with E-state index in [9.17, 15) is 14.4 Å². The van der Waals surface area contributed by atoms with Crippen LogP contribution in [0.5, 0.6) is 0 Å². The number of hydrogen-bond donors (Lipinski definition) is 1. The number of Topliss-reactive ketones (excluding diaryl/α,β-unsaturated/α-hetero) is 1. The lowest BCUT2D eigenvalue weighted by atomic mass is 10.1. The minimum absolute atomic E-state index is 0.0194. The highest BCUT2D eigenvalue weighted by Gasteiger charge is 2.16. The van der Waals surface area contributed by atoms with E-state index in [4.69, 9.17) is 9.15 Å². The summed E-state index contributed by atoms with van der Waals surface area (Å²) in [4.78, 5) is 35.1. The number of benzene rings is 1. The Balaban J connectivity index is 1.95. The number of furan rings is 1. The van der Waals surface area contributed by atoms with Gasteiger partial charge in [-0.1, -0.05) is 38.1 Å². The zero-order chi connectivity index (χ0) is 19.1. The molecule has 0 radical (unpaired) electrons. The molecule has 0 atom stereocenters. The fraction of sp³-hybridized carbons (Fsp3) is 0.350. The average Bonchev–Trinajstić information content (AvgIpc) is 3.14. The minimum atomic E-state index is -0.698. The number of ether oxygens (including phenoxy) is 1. The lowest BCUT2D eigenvalue weighted by molar-refractivity contribution is -0.125. The molecular formula is C20H23NO5. The molecule has 1 N–H and O–H groups in total. The number of nitrogens with one attached hydrogen (secondary N) is 1. The summed E-state index contributed by atoms with van der Waals surface area (Å²) in [6, 6.07) is 10.1. The molecule has 0 saturated heterocycles. The van der Waals surface area contributed by atoms with Gasteiger partial charge in [0.1, 0.15) is 5.76 Å². The van der Waals surface area contributed by atoms with Crippen molar-refractivity contribution in [3.63, 3.8) is 0 Å². The van der Waals surface area contributed by atoms with Crippen LogP contribution >= 0.6 is 0 Å². The molecule has 0 aliphatic heterocycles. The van der Waals surface area contributed by atoms with Crippen LogP contribution in [0.4, 0.5) is 0 Å². The third kappa shape index (κ3) is 5.05. The van der Waals surface area contributed by atoms with Crippen LogP contribution in [0.15, 0.2) is 40.8 Å². The lowest BCUT2D eigenvalue weighted by Crippen LogP contribution is -2.36. The van der Waals surface area contributed by atoms with Gasteiger partial charge in [0, 0.05) is 17.2 Å². The van der Waals surface area contributed by atoms with Crippen molar-refractivity contribution >= 4 is 17.7 Å². The normalized spacial score (nSPS) is 10.6. The fourth-order valence-electron chi connectivity index (χ4n) is 2.44. The summed E-state index contributed by atoms with van der Waals surface area (Å²) in [5, 5.41) is 2.79. The van der Waals surface area contributed by atoms with Gasteiger partial charge in [-0.3, -0.25) is 9.59 Å². The maximum absolute atomic E-state index is 12.0. The predicted octanol–water partition coefficient (Wildman–Crippen LogP) is 3.61. The Morgan fingerprint density at radius 3 is 2.27 bits per heavy atom. The van der Waals surface area contributed by atoms with Crippen LogP contribution < -0.4 is 5.32 Å². The average molecular weight is 357 g/mol. The summed E-state index contributed by atoms with van der Waals surface area (Å²) in [6.45, 7) is 5.11. The van der Waals surface area contributed by atoms with E-state index in [0.29, 0.717) is 11.3 Å². The highest BCUT2D eigenvalue weighted by atomic mass is 16.5. The van der Waals surface area contributed by atoms with E-state index in [1.807, 2.05) is 13.8 Å². The second-order valence-corrected chi connectivity index (χ2v) is 5.95. The molecule has 138 valence electrons. The summed E-state index contributed by atoms with van der Waals surface area (Å²) >= 11 is 0. The molecule has 1 amide bonds. The molecule has 0 aliphatic rings. The summed E-state index contributed by atoms with van der Waals surface area (Å²) in [5.74, 6) is -0.554. The van der Waals surface area contributed by atoms with Crippen LogP contribution in [0.3, 0.4) is 0 Å². The molecule has 0 unspecified atom stereocenters. The number of hydrogen-bond acceptors (Lipinski definition) is 5. The molecular weight excluding hydrogens is 334 g/mol. The van der Waals surface area contributed by atoms with Gasteiger partial charge in [0.25, 0.3) is 5.91 Å². The van der Waals surface area contributed by atoms with Crippen molar-refractivity contribution < 1.29 is 23.5 Å². The molecule has 2 rings (SSSR count). The van der Waals surface area contributed by atoms with Gasteiger partial charge in [0.15, 0.2) is 12.4 Å². The van der Waals surface area contributed by atoms with Gasteiger partial charge in [-0.05, 0) is 31.9 Å². The van der Waals surface area contributed by atoms with Gasteiger partial charge >= 0.3 is 5.97 Å². The van der Waals surface area contributed by atoms with Crippen molar-refractivity contribution in [1.29, 1.82) is 0 Å². The van der Waals surface area contributed by atoms with Gasteiger partial charge in [-0.15, -0.1) is 0 Å². The van der Waals surface area contributed by atoms with Gasteiger partial charge < -0.3 is 14.5 Å². The Hall–Kier alpha value is -2.89. The highest BCUT2D eigenvalue weighted by Crippen LogP contribution is 2.23. The maximum Gasteiger partial charge on any atom is 0.374 e. The summed E-state index contributed by atoms with van der Waals surface area (Å²) < 4.78 is 10.5. The van der Waals surface area contributed by atoms with Crippen molar-refractivity contribution in [3.05, 3.63) is 47.7 Å². The van der Waals surface area contributed by atoms with E-state index in [-0.39, 0.29) is 30.1 Å². The van der Waals surface area contributed by atoms with E-state index in [2.05, 4.69) is 5.32 Å². The van der Waals surface area contributed by atoms with Crippen LogP contribution in [-0.2, 0) is 9.53 Å². The van der Waals surface area contributed by atoms with E-state index >= 15 is 0 Å². The number of carbonyl (C=O) groups excluding carboxylic acids is 3. The van der Waals surface area contributed by atoms with Crippen LogP contribution in [0.2, 0.25) is 0 Å². The molecule has 0 bridgehead atoms. The zero-order valence-electron chi connectivity index (χ0n) is 15.2. The number of rotatable bonds is 8. The minimum Gasteiger partial charge on any atom is -0.450 e. The van der Waals surface area contributed by atoms with Crippen molar-refractivity contribution in [1.82, 2.24) is 5.32 Å². The Morgan fingerprint density at radius 1 is 1.04 bits per heavy atom. The molecule has 2 aromatic rings. The quantitative estimate of drug-likeness (QED) is 0.576. The standard InChI is InChI=1S/C20H23NO5/c1-4-16(5-2)21-19(23)12-25-20(24)18-11-10-17(26-18)15-8-6-14(7-9-15)13(3)22/h6-11,16H,4-5,12H2,1-3H3,(H,21,23). The Morgan fingerprint density at radius 2 is 1.69 bits per heavy atom. The third-order valence-corrected chi connectivity index (χ3v) is 4.07. The summed E-state index contributed by atoms with van der Waals surface area (Å²) in [6.07, 6.45) is 1.64. The SMILES string of the molecule is CCC(CC)NC(=O)COC(=O)c1ccc(-c2ccc(C(C)=O)cc2)o1. The van der Waals surface area contributed by atoms with E-state index in [1.165, 1.54) is 13.0 Å². The Labute approximate surface area is 152 Å². The largest absolute Gasteiger partial charge is 0.450 e. The van der Waals surface area contributed by atoms with Crippen molar-refractivity contribution in [3.8, 4) is 11.3 Å². The van der Waals surface area contributed by atoms with Crippen LogP contribution in [0, 0.1) is 0 Å². The summed E-state index contributed by atoms with van der Waals surface area (Å²) in [5.41, 5.74) is 1.34. The van der Waals surface area contributed by atoms with Crippen LogP contribution in [-0.4, -0.2) is 30.3 Å². The van der Waals surface area contributed by atoms with E-state index < -0.39 is 5.97 Å². The molecule has 26 heavy (non-hydrogen) atoms. The summed E-state index contributed by atoms with van der Waals surface area (Å²) in [7, 11) is 0. The first kappa shape index (κ1) is 19.4. The number of carbonyl (C=O) groups is 3. The number of ketones is 1. The number of amides is 1. The first-order valence-corrected chi connectivity index (χ1v) is 8.62. The molecule has 0 saturated carbocycles. The second kappa shape index (κ2) is 8.99. The molecule has 1 aromatic heterocycles. The van der Waals surface area contributed by atoms with Gasteiger partial charge in [-0.2, -0.15) is 0 Å². The Bertz CT molecular complexity index is 772. The van der Waals surface area contributed by atoms with Gasteiger partial charge in [-0.25, -0.2) is 4.79 Å². The predicted molar refractivity (Wildman–Crippen MR) is 96.9 cm³/mol. The first-order chi connectivity index (χ1) is 12.4. The first-order valence-electron chi connectivity index (χ1n) is 8.62. The van der Waals surface area contributed by atoms with Crippen molar-refractivity contribution in [2.75, 3.05) is 6.61 Å². The van der Waals surface area contributed by atoms with Gasteiger partial charge in [0.05, 0.1) is 0 Å². The molecule has 1 heterocycles. The van der Waals surface area contributed by atoms with Gasteiger partial charge in [0.2, 0.25) is 5.76 Å². The highest BCUT2D eigenvalue weighted by molar-refractivity contribution is 5.94. The number of esters is 1. The van der Waals surface area contributed by atoms with E-state index in [0.717, 1.165) is 18.4 Å². The smallest absolute Gasteiger partial charge is 0.374 e.